The summed E-state index contributed by atoms with van der Waals surface area (Å²) in [6, 6.07) is 17.1. The van der Waals surface area contributed by atoms with Crippen LogP contribution >= 0.6 is 11.3 Å². The van der Waals surface area contributed by atoms with Crippen LogP contribution in [0.25, 0.3) is 32.3 Å². The Morgan fingerprint density at radius 2 is 1.74 bits per heavy atom. The van der Waals surface area contributed by atoms with Gasteiger partial charge >= 0.3 is 0 Å². The molecule has 2 aromatic heterocycles. The summed E-state index contributed by atoms with van der Waals surface area (Å²) in [6.07, 6.45) is 1.72. The summed E-state index contributed by atoms with van der Waals surface area (Å²) in [7, 11) is -3.27. The number of nitrogen functional groups attached to an aromatic ring is 1. The minimum absolute atomic E-state index is 0.0724. The topological polar surface area (TPSA) is 73.0 Å². The van der Waals surface area contributed by atoms with Crippen LogP contribution in [0.3, 0.4) is 0 Å². The van der Waals surface area contributed by atoms with Crippen molar-refractivity contribution in [2.24, 2.45) is 0 Å². The number of pyridine rings is 1. The normalized spacial score (nSPS) is 11.7. The molecule has 0 aliphatic heterocycles. The molecule has 6 heteroatoms. The maximum Gasteiger partial charge on any atom is 0.178 e. The van der Waals surface area contributed by atoms with E-state index in [9.17, 15) is 8.42 Å². The number of aromatic nitrogens is 1. The SMILES string of the molecule is CCS(=O)(=O)c1cccc(-c2cnc(N)c3c(-c4ccccc4)csc23)c1. The van der Waals surface area contributed by atoms with Crippen molar-refractivity contribution in [2.45, 2.75) is 11.8 Å². The molecule has 0 spiro atoms. The fourth-order valence-corrected chi connectivity index (χ4v) is 5.17. The molecule has 2 heterocycles. The van der Waals surface area contributed by atoms with E-state index in [1.54, 1.807) is 42.7 Å². The minimum Gasteiger partial charge on any atom is -0.383 e. The van der Waals surface area contributed by atoms with Gasteiger partial charge in [0.2, 0.25) is 0 Å². The van der Waals surface area contributed by atoms with E-state index in [0.717, 1.165) is 32.3 Å². The summed E-state index contributed by atoms with van der Waals surface area (Å²) in [5.74, 6) is 0.550. The van der Waals surface area contributed by atoms with E-state index >= 15 is 0 Å². The first-order valence-corrected chi connectivity index (χ1v) is 11.1. The summed E-state index contributed by atoms with van der Waals surface area (Å²) in [5.41, 5.74) is 10.0. The fraction of sp³-hybridized carbons (Fsp3) is 0.0952. The molecule has 0 aliphatic carbocycles. The number of benzene rings is 2. The van der Waals surface area contributed by atoms with Crippen molar-refractivity contribution in [2.75, 3.05) is 11.5 Å². The second-order valence-corrected chi connectivity index (χ2v) is 9.37. The Bertz CT molecular complexity index is 1230. The van der Waals surface area contributed by atoms with Crippen LogP contribution in [0.15, 0.2) is 71.1 Å². The first-order valence-electron chi connectivity index (χ1n) is 8.55. The smallest absolute Gasteiger partial charge is 0.178 e. The summed E-state index contributed by atoms with van der Waals surface area (Å²) in [6.45, 7) is 1.65. The van der Waals surface area contributed by atoms with Gasteiger partial charge in [0.1, 0.15) is 5.82 Å². The second-order valence-electron chi connectivity index (χ2n) is 6.21. The number of hydrogen-bond donors (Lipinski definition) is 1. The maximum atomic E-state index is 12.3. The van der Waals surface area contributed by atoms with E-state index in [2.05, 4.69) is 10.4 Å². The van der Waals surface area contributed by atoms with Gasteiger partial charge in [0.15, 0.2) is 9.84 Å². The van der Waals surface area contributed by atoms with Crippen LogP contribution in [0, 0.1) is 0 Å². The molecule has 27 heavy (non-hydrogen) atoms. The third-order valence-corrected chi connectivity index (χ3v) is 7.34. The monoisotopic (exact) mass is 394 g/mol. The average molecular weight is 395 g/mol. The van der Waals surface area contributed by atoms with Crippen molar-refractivity contribution >= 4 is 37.1 Å². The third-order valence-electron chi connectivity index (χ3n) is 4.59. The van der Waals surface area contributed by atoms with Crippen molar-refractivity contribution < 1.29 is 8.42 Å². The van der Waals surface area contributed by atoms with Crippen LogP contribution in [-0.4, -0.2) is 19.2 Å². The number of anilines is 1. The van der Waals surface area contributed by atoms with Gasteiger partial charge in [-0.2, -0.15) is 0 Å². The van der Waals surface area contributed by atoms with Crippen LogP contribution in [0.2, 0.25) is 0 Å². The zero-order valence-electron chi connectivity index (χ0n) is 14.7. The number of hydrogen-bond acceptors (Lipinski definition) is 5. The number of rotatable bonds is 4. The third kappa shape index (κ3) is 3.11. The Balaban J connectivity index is 1.94. The van der Waals surface area contributed by atoms with E-state index in [1.165, 1.54) is 0 Å². The van der Waals surface area contributed by atoms with Gasteiger partial charge in [-0.1, -0.05) is 49.4 Å². The molecule has 0 saturated heterocycles. The van der Waals surface area contributed by atoms with Crippen LogP contribution in [0.4, 0.5) is 5.82 Å². The second kappa shape index (κ2) is 6.79. The van der Waals surface area contributed by atoms with Crippen molar-refractivity contribution in [1.29, 1.82) is 0 Å². The lowest BCUT2D eigenvalue weighted by atomic mass is 10.0. The Morgan fingerprint density at radius 3 is 2.48 bits per heavy atom. The van der Waals surface area contributed by atoms with Gasteiger partial charge in [-0.3, -0.25) is 0 Å². The largest absolute Gasteiger partial charge is 0.383 e. The standard InChI is InChI=1S/C21H18N2O2S2/c1-2-27(24,25)16-10-6-9-15(11-16)17-12-23-21(22)19-18(13-26-20(17)19)14-7-4-3-5-8-14/h3-13H,2H2,1H3,(H2,22,23). The molecule has 0 atom stereocenters. The lowest BCUT2D eigenvalue weighted by Gasteiger charge is -2.08. The molecule has 2 aromatic carbocycles. The zero-order valence-corrected chi connectivity index (χ0v) is 16.3. The van der Waals surface area contributed by atoms with E-state index < -0.39 is 9.84 Å². The molecule has 4 nitrogen and oxygen atoms in total. The van der Waals surface area contributed by atoms with Gasteiger partial charge in [-0.05, 0) is 28.6 Å². The summed E-state index contributed by atoms with van der Waals surface area (Å²) < 4.78 is 25.5. The molecular formula is C21H18N2O2S2. The van der Waals surface area contributed by atoms with Gasteiger partial charge in [0, 0.05) is 27.4 Å². The Labute approximate surface area is 162 Å². The molecule has 0 fully saturated rings. The minimum atomic E-state index is -3.27. The molecule has 4 rings (SSSR count). The van der Waals surface area contributed by atoms with Crippen LogP contribution in [0.5, 0.6) is 0 Å². The highest BCUT2D eigenvalue weighted by Gasteiger charge is 2.17. The molecule has 0 saturated carbocycles. The van der Waals surface area contributed by atoms with Gasteiger partial charge < -0.3 is 5.73 Å². The summed E-state index contributed by atoms with van der Waals surface area (Å²) >= 11 is 1.59. The highest BCUT2D eigenvalue weighted by atomic mass is 32.2. The summed E-state index contributed by atoms with van der Waals surface area (Å²) in [5, 5.41) is 2.99. The zero-order chi connectivity index (χ0) is 19.0. The van der Waals surface area contributed by atoms with E-state index in [1.807, 2.05) is 36.4 Å². The molecule has 0 unspecified atom stereocenters. The van der Waals surface area contributed by atoms with Crippen LogP contribution in [0.1, 0.15) is 6.92 Å². The Hall–Kier alpha value is -2.70. The molecule has 0 amide bonds. The predicted octanol–water partition coefficient (Wildman–Crippen LogP) is 5.01. The lowest BCUT2D eigenvalue weighted by Crippen LogP contribution is -2.03. The van der Waals surface area contributed by atoms with Crippen molar-refractivity contribution in [1.82, 2.24) is 4.98 Å². The fourth-order valence-electron chi connectivity index (χ4n) is 3.13. The van der Waals surface area contributed by atoms with Gasteiger partial charge in [0.25, 0.3) is 0 Å². The van der Waals surface area contributed by atoms with Gasteiger partial charge in [0.05, 0.1) is 10.6 Å². The molecule has 0 radical (unpaired) electrons. The first-order chi connectivity index (χ1) is 13.0. The van der Waals surface area contributed by atoms with E-state index in [-0.39, 0.29) is 5.75 Å². The van der Waals surface area contributed by atoms with Crippen molar-refractivity contribution in [3.8, 4) is 22.3 Å². The lowest BCUT2D eigenvalue weighted by molar-refractivity contribution is 0.597. The van der Waals surface area contributed by atoms with Crippen LogP contribution in [-0.2, 0) is 9.84 Å². The Morgan fingerprint density at radius 1 is 1.00 bits per heavy atom. The molecule has 136 valence electrons. The number of sulfone groups is 1. The van der Waals surface area contributed by atoms with Gasteiger partial charge in [-0.15, -0.1) is 11.3 Å². The molecule has 2 N–H and O–H groups in total. The quantitative estimate of drug-likeness (QED) is 0.528. The highest BCUT2D eigenvalue weighted by molar-refractivity contribution is 7.91. The first kappa shape index (κ1) is 17.7. The molecule has 0 bridgehead atoms. The van der Waals surface area contributed by atoms with Crippen molar-refractivity contribution in [3.05, 3.63) is 66.2 Å². The molecule has 0 aliphatic rings. The van der Waals surface area contributed by atoms with E-state index in [4.69, 9.17) is 5.73 Å². The number of thiophene rings is 1. The van der Waals surface area contributed by atoms with Crippen LogP contribution < -0.4 is 5.73 Å². The Kier molecular flexibility index (Phi) is 4.45. The van der Waals surface area contributed by atoms with Crippen molar-refractivity contribution in [3.63, 3.8) is 0 Å². The average Bonchev–Trinajstić information content (AvgIpc) is 3.15. The number of nitrogens with zero attached hydrogens (tertiary/aromatic N) is 1. The van der Waals surface area contributed by atoms with E-state index in [0.29, 0.717) is 10.7 Å². The molecular weight excluding hydrogens is 376 g/mol. The number of fused-ring (bicyclic) bond motifs is 1. The highest BCUT2D eigenvalue weighted by Crippen LogP contribution is 2.41. The summed E-state index contributed by atoms with van der Waals surface area (Å²) in [4.78, 5) is 4.72. The maximum absolute atomic E-state index is 12.3. The predicted molar refractivity (Wildman–Crippen MR) is 113 cm³/mol. The van der Waals surface area contributed by atoms with Gasteiger partial charge in [-0.25, -0.2) is 13.4 Å². The molecule has 4 aromatic rings. The number of nitrogens with two attached hydrogens (primary N) is 1.